The Balaban J connectivity index is 0.000000371. The van der Waals surface area contributed by atoms with Crippen LogP contribution in [0.5, 0.6) is 0 Å². The molecule has 2 saturated heterocycles. The Morgan fingerprint density at radius 3 is 1.92 bits per heavy atom. The predicted octanol–water partition coefficient (Wildman–Crippen LogP) is 5.84. The van der Waals surface area contributed by atoms with Gasteiger partial charge in [-0.3, -0.25) is 0 Å². The summed E-state index contributed by atoms with van der Waals surface area (Å²) in [5.74, 6) is 1.67. The Morgan fingerprint density at radius 2 is 1.50 bits per heavy atom. The summed E-state index contributed by atoms with van der Waals surface area (Å²) in [5.41, 5.74) is 1.42. The van der Waals surface area contributed by atoms with Gasteiger partial charge in [-0.15, -0.1) is 0 Å². The molecule has 0 bridgehead atoms. The topological polar surface area (TPSA) is 6.48 Å². The third-order valence-corrected chi connectivity index (χ3v) is 5.38. The summed E-state index contributed by atoms with van der Waals surface area (Å²) in [6.45, 7) is 21.8. The van der Waals surface area contributed by atoms with Crippen molar-refractivity contribution in [3.05, 3.63) is 12.2 Å². The van der Waals surface area contributed by atoms with E-state index in [1.54, 1.807) is 0 Å². The Morgan fingerprint density at radius 1 is 0.875 bits per heavy atom. The van der Waals surface area contributed by atoms with Gasteiger partial charge in [-0.2, -0.15) is 0 Å². The molecule has 0 aromatic rings. The van der Waals surface area contributed by atoms with E-state index in [2.05, 4.69) is 37.3 Å². The second-order valence-corrected chi connectivity index (χ2v) is 7.40. The lowest BCUT2D eigenvalue weighted by molar-refractivity contribution is 0.0817. The normalized spacial score (nSPS) is 28.2. The van der Waals surface area contributed by atoms with Crippen molar-refractivity contribution in [2.45, 2.75) is 86.1 Å². The molecule has 0 radical (unpaired) electrons. The van der Waals surface area contributed by atoms with E-state index in [-0.39, 0.29) is 0 Å². The van der Waals surface area contributed by atoms with Gasteiger partial charge in [0.2, 0.25) is 0 Å². The molecule has 1 saturated carbocycles. The zero-order valence-corrected chi connectivity index (χ0v) is 17.9. The number of hydrogen-bond acceptors (Lipinski definition) is 2. The second-order valence-electron chi connectivity index (χ2n) is 7.40. The van der Waals surface area contributed by atoms with E-state index >= 15 is 0 Å². The zero-order chi connectivity index (χ0) is 18.5. The van der Waals surface area contributed by atoms with Gasteiger partial charge < -0.3 is 9.80 Å². The Kier molecular flexibility index (Phi) is 13.7. The molecule has 2 heterocycles. The van der Waals surface area contributed by atoms with Gasteiger partial charge in [0.15, 0.2) is 0 Å². The third kappa shape index (κ3) is 8.67. The fourth-order valence-corrected chi connectivity index (χ4v) is 3.58. The molecular formula is C22H46N2. The molecule has 0 amide bonds. The highest BCUT2D eigenvalue weighted by molar-refractivity contribution is 5.03. The lowest BCUT2D eigenvalue weighted by Crippen LogP contribution is -2.45. The maximum atomic E-state index is 4.00. The van der Waals surface area contributed by atoms with E-state index in [9.17, 15) is 0 Å². The van der Waals surface area contributed by atoms with Crippen molar-refractivity contribution < 1.29 is 0 Å². The van der Waals surface area contributed by atoms with Gasteiger partial charge in [0.1, 0.15) is 0 Å². The molecule has 3 fully saturated rings. The van der Waals surface area contributed by atoms with Crippen LogP contribution < -0.4 is 0 Å². The van der Waals surface area contributed by atoms with Crippen LogP contribution in [-0.4, -0.2) is 49.1 Å². The molecule has 0 spiro atoms. The second kappa shape index (κ2) is 13.9. The van der Waals surface area contributed by atoms with Crippen LogP contribution in [0.25, 0.3) is 0 Å². The molecule has 0 aromatic carbocycles. The van der Waals surface area contributed by atoms with E-state index in [1.165, 1.54) is 70.3 Å². The highest BCUT2D eigenvalue weighted by atomic mass is 15.2. The van der Waals surface area contributed by atoms with Crippen molar-refractivity contribution in [3.8, 4) is 0 Å². The molecule has 2 nitrogen and oxygen atoms in total. The molecule has 2 unspecified atom stereocenters. The van der Waals surface area contributed by atoms with E-state index < -0.39 is 0 Å². The fraction of sp³-hybridized carbons (Fsp3) is 0.909. The first-order chi connectivity index (χ1) is 11.6. The summed E-state index contributed by atoms with van der Waals surface area (Å²) in [6.07, 6.45) is 8.54. The van der Waals surface area contributed by atoms with Crippen molar-refractivity contribution >= 4 is 0 Å². The molecule has 1 aliphatic carbocycles. The standard InChI is InChI=1S/C10H19N.C8H15N.2C2H6/c1-9-4-3-7-11(8-9)10-5-2-6-10;1-7-4-5-9(3)6-8(7)2;2*1-2/h9-10H,2-8H2,1H3;8H,1,4-6H2,2-3H3;2*1-2H3. The molecule has 3 rings (SSSR count). The number of nitrogens with zero attached hydrogens (tertiary/aromatic N) is 2. The number of likely N-dealkylation sites (tertiary alicyclic amines) is 2. The molecule has 0 N–H and O–H groups in total. The fourth-order valence-electron chi connectivity index (χ4n) is 3.58. The minimum atomic E-state index is 0.712. The Labute approximate surface area is 153 Å². The van der Waals surface area contributed by atoms with E-state index in [0.29, 0.717) is 5.92 Å². The molecule has 2 atom stereocenters. The predicted molar refractivity (Wildman–Crippen MR) is 111 cm³/mol. The van der Waals surface area contributed by atoms with Crippen LogP contribution in [0.1, 0.15) is 80.1 Å². The smallest absolute Gasteiger partial charge is 0.00953 e. The molecule has 2 aliphatic heterocycles. The van der Waals surface area contributed by atoms with Gasteiger partial charge >= 0.3 is 0 Å². The molecule has 3 aliphatic rings. The lowest BCUT2D eigenvalue weighted by atomic mass is 9.88. The molecule has 24 heavy (non-hydrogen) atoms. The average molecular weight is 339 g/mol. The SMILES string of the molecule is C=C1CCN(C)CC1C.CC.CC.CC1CCCN(C2CCC2)C1. The van der Waals surface area contributed by atoms with E-state index in [4.69, 9.17) is 0 Å². The highest BCUT2D eigenvalue weighted by Crippen LogP contribution is 2.28. The molecular weight excluding hydrogens is 292 g/mol. The number of rotatable bonds is 1. The van der Waals surface area contributed by atoms with Gasteiger partial charge in [0.25, 0.3) is 0 Å². The number of hydrogen-bond donors (Lipinski definition) is 0. The first-order valence-corrected chi connectivity index (χ1v) is 10.7. The lowest BCUT2D eigenvalue weighted by Gasteiger charge is -2.41. The summed E-state index contributed by atoms with van der Waals surface area (Å²) < 4.78 is 0. The monoisotopic (exact) mass is 338 g/mol. The summed E-state index contributed by atoms with van der Waals surface area (Å²) in [5, 5.41) is 0. The van der Waals surface area contributed by atoms with Gasteiger partial charge in [-0.1, -0.05) is 60.1 Å². The molecule has 144 valence electrons. The summed E-state index contributed by atoms with van der Waals surface area (Å²) in [6, 6.07) is 0.984. The Hall–Kier alpha value is -0.340. The minimum absolute atomic E-state index is 0.712. The first-order valence-electron chi connectivity index (χ1n) is 10.7. The van der Waals surface area contributed by atoms with Gasteiger partial charge in [0, 0.05) is 25.7 Å². The van der Waals surface area contributed by atoms with Crippen molar-refractivity contribution in [2.24, 2.45) is 11.8 Å². The van der Waals surface area contributed by atoms with Crippen molar-refractivity contribution in [3.63, 3.8) is 0 Å². The van der Waals surface area contributed by atoms with Crippen LogP contribution in [0.15, 0.2) is 12.2 Å². The van der Waals surface area contributed by atoms with Crippen LogP contribution in [0.2, 0.25) is 0 Å². The van der Waals surface area contributed by atoms with Crippen LogP contribution >= 0.6 is 0 Å². The maximum Gasteiger partial charge on any atom is 0.00953 e. The number of piperidine rings is 2. The van der Waals surface area contributed by atoms with Gasteiger partial charge in [-0.05, 0) is 57.5 Å². The Bertz CT molecular complexity index is 309. The highest BCUT2D eigenvalue weighted by Gasteiger charge is 2.27. The zero-order valence-electron chi connectivity index (χ0n) is 17.9. The van der Waals surface area contributed by atoms with Crippen LogP contribution in [0, 0.1) is 11.8 Å². The van der Waals surface area contributed by atoms with Crippen molar-refractivity contribution in [1.82, 2.24) is 9.80 Å². The third-order valence-electron chi connectivity index (χ3n) is 5.38. The maximum absolute atomic E-state index is 4.00. The van der Waals surface area contributed by atoms with Crippen LogP contribution in [0.3, 0.4) is 0 Å². The summed E-state index contributed by atoms with van der Waals surface area (Å²) >= 11 is 0. The van der Waals surface area contributed by atoms with Gasteiger partial charge in [0.05, 0.1) is 0 Å². The van der Waals surface area contributed by atoms with Crippen molar-refractivity contribution in [1.29, 1.82) is 0 Å². The van der Waals surface area contributed by atoms with Gasteiger partial charge in [-0.25, -0.2) is 0 Å². The quantitative estimate of drug-likeness (QED) is 0.554. The van der Waals surface area contributed by atoms with Crippen LogP contribution in [0.4, 0.5) is 0 Å². The van der Waals surface area contributed by atoms with Crippen LogP contribution in [-0.2, 0) is 0 Å². The summed E-state index contributed by atoms with van der Waals surface area (Å²) in [4.78, 5) is 5.08. The van der Waals surface area contributed by atoms with E-state index in [0.717, 1.165) is 12.0 Å². The first kappa shape index (κ1) is 23.7. The minimum Gasteiger partial charge on any atom is -0.305 e. The average Bonchev–Trinajstić information content (AvgIpc) is 2.54. The molecule has 2 heteroatoms. The largest absolute Gasteiger partial charge is 0.305 e. The van der Waals surface area contributed by atoms with E-state index in [1.807, 2.05) is 27.7 Å². The van der Waals surface area contributed by atoms with Crippen molar-refractivity contribution in [2.75, 3.05) is 33.2 Å². The summed E-state index contributed by atoms with van der Waals surface area (Å²) in [7, 11) is 2.17. The molecule has 0 aromatic heterocycles.